The third kappa shape index (κ3) is 4.72. The van der Waals surface area contributed by atoms with Crippen LogP contribution in [-0.4, -0.2) is 52.5 Å². The molecule has 24 heavy (non-hydrogen) atoms. The van der Waals surface area contributed by atoms with E-state index in [4.69, 9.17) is 9.47 Å². The molecule has 1 aromatic rings. The predicted molar refractivity (Wildman–Crippen MR) is 92.9 cm³/mol. The van der Waals surface area contributed by atoms with Crippen molar-refractivity contribution in [2.45, 2.75) is 0 Å². The molecule has 1 aliphatic heterocycles. The van der Waals surface area contributed by atoms with E-state index in [1.54, 1.807) is 0 Å². The Balaban J connectivity index is 2.34. The second-order valence-corrected chi connectivity index (χ2v) is 5.87. The maximum absolute atomic E-state index is 11.9. The zero-order valence-electron chi connectivity index (χ0n) is 13.5. The van der Waals surface area contributed by atoms with Gasteiger partial charge >= 0.3 is 11.9 Å². The number of benzene rings is 1. The number of nitrogens with one attached hydrogen (secondary N) is 1. The Labute approximate surface area is 148 Å². The number of ether oxygens (including phenoxy) is 3. The van der Waals surface area contributed by atoms with Gasteiger partial charge in [-0.25, -0.2) is 9.59 Å². The Kier molecular flexibility index (Phi) is 6.62. The van der Waals surface area contributed by atoms with Gasteiger partial charge in [0.2, 0.25) is 0 Å². The van der Waals surface area contributed by atoms with Crippen LogP contribution < -0.4 is 10.2 Å². The Bertz CT molecular complexity index is 641. The number of carbonyl (C=O) groups excluding carboxylic acids is 2. The minimum atomic E-state index is -0.659. The van der Waals surface area contributed by atoms with E-state index in [1.807, 2.05) is 18.2 Å². The second kappa shape index (κ2) is 8.70. The van der Waals surface area contributed by atoms with Crippen LogP contribution in [0, 0.1) is 0 Å². The summed E-state index contributed by atoms with van der Waals surface area (Å²) in [6, 6.07) is 5.68. The van der Waals surface area contributed by atoms with Crippen molar-refractivity contribution in [3.05, 3.63) is 34.4 Å². The van der Waals surface area contributed by atoms with Crippen molar-refractivity contribution >= 4 is 39.2 Å². The molecule has 0 aromatic heterocycles. The number of hydrogen-bond acceptors (Lipinski definition) is 7. The Hall–Kier alpha value is -2.06. The molecule has 0 bridgehead atoms. The Morgan fingerprint density at radius 3 is 2.58 bits per heavy atom. The van der Waals surface area contributed by atoms with Crippen LogP contribution in [0.5, 0.6) is 0 Å². The smallest absolute Gasteiger partial charge is 0.354 e. The second-order valence-electron chi connectivity index (χ2n) is 4.96. The molecule has 2 rings (SSSR count). The first-order valence-electron chi connectivity index (χ1n) is 7.32. The molecule has 1 heterocycles. The summed E-state index contributed by atoms with van der Waals surface area (Å²) in [5, 5.41) is 2.97. The van der Waals surface area contributed by atoms with Crippen LogP contribution in [0.2, 0.25) is 0 Å². The minimum absolute atomic E-state index is 0.00282. The first-order chi connectivity index (χ1) is 11.5. The maximum Gasteiger partial charge on any atom is 0.354 e. The van der Waals surface area contributed by atoms with Gasteiger partial charge in [0.05, 0.1) is 44.9 Å². The number of rotatable bonds is 5. The molecule has 0 saturated carbocycles. The van der Waals surface area contributed by atoms with Crippen molar-refractivity contribution in [1.29, 1.82) is 0 Å². The number of methoxy groups -OCH3 is 2. The van der Waals surface area contributed by atoms with Crippen LogP contribution >= 0.6 is 15.9 Å². The number of esters is 2. The average Bonchev–Trinajstić information content (AvgIpc) is 2.61. The van der Waals surface area contributed by atoms with Gasteiger partial charge in [0.25, 0.3) is 0 Å². The lowest BCUT2D eigenvalue weighted by molar-refractivity contribution is -0.138. The lowest BCUT2D eigenvalue weighted by Gasteiger charge is -2.31. The molecule has 7 nitrogen and oxygen atoms in total. The van der Waals surface area contributed by atoms with Gasteiger partial charge in [-0.1, -0.05) is 15.9 Å². The van der Waals surface area contributed by atoms with Gasteiger partial charge in [0, 0.05) is 17.6 Å². The van der Waals surface area contributed by atoms with Gasteiger partial charge < -0.3 is 24.4 Å². The number of nitrogens with zero attached hydrogens (tertiary/aromatic N) is 1. The van der Waals surface area contributed by atoms with E-state index < -0.39 is 11.9 Å². The molecule has 0 unspecified atom stereocenters. The van der Waals surface area contributed by atoms with Crippen molar-refractivity contribution in [3.8, 4) is 0 Å². The summed E-state index contributed by atoms with van der Waals surface area (Å²) < 4.78 is 15.5. The molecule has 8 heteroatoms. The van der Waals surface area contributed by atoms with Crippen LogP contribution in [-0.2, 0) is 23.8 Å². The SMILES string of the molecule is COC(=O)/C=C(/Nc1cc(Br)ccc1N1CCOCC1)C(=O)OC. The van der Waals surface area contributed by atoms with Crippen LogP contribution in [0.25, 0.3) is 0 Å². The lowest BCUT2D eigenvalue weighted by Crippen LogP contribution is -2.36. The molecule has 1 fully saturated rings. The van der Waals surface area contributed by atoms with E-state index in [9.17, 15) is 9.59 Å². The average molecular weight is 399 g/mol. The summed E-state index contributed by atoms with van der Waals surface area (Å²) in [4.78, 5) is 25.6. The third-order valence-electron chi connectivity index (χ3n) is 3.45. The van der Waals surface area contributed by atoms with Crippen LogP contribution in [0.15, 0.2) is 34.4 Å². The number of morpholine rings is 1. The van der Waals surface area contributed by atoms with Crippen molar-refractivity contribution in [2.75, 3.05) is 50.7 Å². The van der Waals surface area contributed by atoms with Gasteiger partial charge in [-0.3, -0.25) is 0 Å². The highest BCUT2D eigenvalue weighted by molar-refractivity contribution is 9.10. The van der Waals surface area contributed by atoms with Crippen molar-refractivity contribution in [2.24, 2.45) is 0 Å². The molecule has 0 radical (unpaired) electrons. The monoisotopic (exact) mass is 398 g/mol. The summed E-state index contributed by atoms with van der Waals surface area (Å²) in [6.07, 6.45) is 1.07. The normalized spacial score (nSPS) is 15.0. The van der Waals surface area contributed by atoms with Gasteiger partial charge in [0.15, 0.2) is 0 Å². The topological polar surface area (TPSA) is 77.1 Å². The molecule has 0 amide bonds. The third-order valence-corrected chi connectivity index (χ3v) is 3.94. The highest BCUT2D eigenvalue weighted by Gasteiger charge is 2.19. The summed E-state index contributed by atoms with van der Waals surface area (Å²) in [6.45, 7) is 2.75. The van der Waals surface area contributed by atoms with Gasteiger partial charge in [0.1, 0.15) is 5.70 Å². The molecule has 0 spiro atoms. The van der Waals surface area contributed by atoms with E-state index in [2.05, 4.69) is 30.9 Å². The summed E-state index contributed by atoms with van der Waals surface area (Å²) in [5.41, 5.74) is 1.57. The summed E-state index contributed by atoms with van der Waals surface area (Å²) in [5.74, 6) is -1.31. The highest BCUT2D eigenvalue weighted by atomic mass is 79.9. The largest absolute Gasteiger partial charge is 0.466 e. The first-order valence-corrected chi connectivity index (χ1v) is 8.11. The number of carbonyl (C=O) groups is 2. The fourth-order valence-corrected chi connectivity index (χ4v) is 2.63. The minimum Gasteiger partial charge on any atom is -0.466 e. The van der Waals surface area contributed by atoms with Gasteiger partial charge in [-0.05, 0) is 18.2 Å². The van der Waals surface area contributed by atoms with Crippen LogP contribution in [0.4, 0.5) is 11.4 Å². The quantitative estimate of drug-likeness (QED) is 0.599. The van der Waals surface area contributed by atoms with E-state index >= 15 is 0 Å². The van der Waals surface area contributed by atoms with Crippen molar-refractivity contribution < 1.29 is 23.8 Å². The molecule has 0 atom stereocenters. The summed E-state index contributed by atoms with van der Waals surface area (Å²) >= 11 is 3.42. The molecular formula is C16H19BrN2O5. The summed E-state index contributed by atoms with van der Waals surface area (Å²) in [7, 11) is 2.49. The Morgan fingerprint density at radius 2 is 1.96 bits per heavy atom. The van der Waals surface area contributed by atoms with E-state index in [0.717, 1.165) is 29.3 Å². The highest BCUT2D eigenvalue weighted by Crippen LogP contribution is 2.31. The zero-order chi connectivity index (χ0) is 17.5. The molecule has 0 aliphatic carbocycles. The number of anilines is 2. The predicted octanol–water partition coefficient (Wildman–Crippen LogP) is 1.93. The molecule has 1 aromatic carbocycles. The van der Waals surface area contributed by atoms with Gasteiger partial charge in [-0.2, -0.15) is 0 Å². The molecule has 130 valence electrons. The molecule has 1 saturated heterocycles. The molecular weight excluding hydrogens is 380 g/mol. The van der Waals surface area contributed by atoms with E-state index in [-0.39, 0.29) is 5.70 Å². The van der Waals surface area contributed by atoms with E-state index in [0.29, 0.717) is 18.9 Å². The standard InChI is InChI=1S/C16H19BrN2O5/c1-22-15(20)10-13(16(21)23-2)18-12-9-11(17)3-4-14(12)19-5-7-24-8-6-19/h3-4,9-10,18H,5-8H2,1-2H3/b13-10+. The van der Waals surface area contributed by atoms with Crippen LogP contribution in [0.1, 0.15) is 0 Å². The molecule has 1 aliphatic rings. The van der Waals surface area contributed by atoms with Crippen LogP contribution in [0.3, 0.4) is 0 Å². The molecule has 1 N–H and O–H groups in total. The number of halogens is 1. The van der Waals surface area contributed by atoms with Gasteiger partial charge in [-0.15, -0.1) is 0 Å². The fourth-order valence-electron chi connectivity index (χ4n) is 2.27. The van der Waals surface area contributed by atoms with E-state index in [1.165, 1.54) is 14.2 Å². The Morgan fingerprint density at radius 1 is 1.25 bits per heavy atom. The first kappa shape index (κ1) is 18.3. The fraction of sp³-hybridized carbons (Fsp3) is 0.375. The van der Waals surface area contributed by atoms with Crippen molar-refractivity contribution in [1.82, 2.24) is 0 Å². The van der Waals surface area contributed by atoms with Crippen molar-refractivity contribution in [3.63, 3.8) is 0 Å². The maximum atomic E-state index is 11.9. The number of hydrogen-bond donors (Lipinski definition) is 1. The zero-order valence-corrected chi connectivity index (χ0v) is 15.1. The lowest BCUT2D eigenvalue weighted by atomic mass is 10.2.